The average Bonchev–Trinajstić information content (AvgIpc) is 2.74. The number of fused-ring (bicyclic) bond motifs is 1. The van der Waals surface area contributed by atoms with Gasteiger partial charge < -0.3 is 20.9 Å². The number of thiophene rings is 1. The first-order chi connectivity index (χ1) is 11.3. The number of hydrogen-bond acceptors (Lipinski definition) is 5. The number of carbonyl (C=O) groups excluding carboxylic acids is 2. The maximum atomic E-state index is 12.2. The molecule has 0 bridgehead atoms. The molecule has 1 aromatic heterocycles. The molecule has 2 rings (SSSR count). The quantitative estimate of drug-likeness (QED) is 0.697. The van der Waals surface area contributed by atoms with Crippen LogP contribution in [0.4, 0.5) is 5.00 Å². The van der Waals surface area contributed by atoms with Gasteiger partial charge in [-0.3, -0.25) is 9.59 Å². The molecule has 0 fully saturated rings. The van der Waals surface area contributed by atoms with E-state index in [0.717, 1.165) is 10.4 Å². The van der Waals surface area contributed by atoms with Crippen LogP contribution >= 0.6 is 11.3 Å². The predicted molar refractivity (Wildman–Crippen MR) is 98.8 cm³/mol. The van der Waals surface area contributed by atoms with E-state index >= 15 is 0 Å². The summed E-state index contributed by atoms with van der Waals surface area (Å²) < 4.78 is 6.13. The van der Waals surface area contributed by atoms with Crippen LogP contribution in [0.5, 0.6) is 0 Å². The van der Waals surface area contributed by atoms with Gasteiger partial charge in [0.05, 0.1) is 16.8 Å². The number of nitrogens with two attached hydrogens (primary N) is 1. The molecule has 1 aliphatic heterocycles. The zero-order valence-electron chi connectivity index (χ0n) is 15.4. The molecule has 1 atom stereocenters. The number of anilines is 1. The Balaban J connectivity index is 2.44. The number of nitrogens with one attached hydrogen (secondary N) is 1. The third kappa shape index (κ3) is 4.11. The summed E-state index contributed by atoms with van der Waals surface area (Å²) in [4.78, 5) is 25.2. The number of amides is 2. The minimum atomic E-state index is -1.22. The van der Waals surface area contributed by atoms with Crippen molar-refractivity contribution >= 4 is 28.2 Å². The molecule has 0 saturated carbocycles. The van der Waals surface area contributed by atoms with E-state index in [-0.39, 0.29) is 6.42 Å². The van der Waals surface area contributed by atoms with Gasteiger partial charge in [-0.15, -0.1) is 17.9 Å². The highest BCUT2D eigenvalue weighted by Gasteiger charge is 2.43. The molecular weight excluding hydrogens is 340 g/mol. The molecule has 25 heavy (non-hydrogen) atoms. The molecule has 2 amide bonds. The van der Waals surface area contributed by atoms with Gasteiger partial charge in [0.2, 0.25) is 0 Å². The normalized spacial score (nSPS) is 19.0. The molecule has 0 aliphatic carbocycles. The lowest BCUT2D eigenvalue weighted by Gasteiger charge is -2.41. The molecule has 0 saturated heterocycles. The summed E-state index contributed by atoms with van der Waals surface area (Å²) in [6.45, 7) is 13.2. The maximum Gasteiger partial charge on any atom is 0.254 e. The Kier molecular flexibility index (Phi) is 5.14. The van der Waals surface area contributed by atoms with Crippen molar-refractivity contribution in [2.24, 2.45) is 5.73 Å². The summed E-state index contributed by atoms with van der Waals surface area (Å²) in [6.07, 6.45) is -0.548. The van der Waals surface area contributed by atoms with Crippen molar-refractivity contribution in [3.8, 4) is 0 Å². The SMILES string of the molecule is C=C(C)CC(O)C(=O)Nc1sc2c(c1C(N)=O)CC(C)(C)OC2(C)C. The smallest absolute Gasteiger partial charge is 0.254 e. The van der Waals surface area contributed by atoms with E-state index in [4.69, 9.17) is 10.5 Å². The zero-order chi connectivity index (χ0) is 19.2. The van der Waals surface area contributed by atoms with Gasteiger partial charge in [0.15, 0.2) is 0 Å². The molecule has 6 nitrogen and oxygen atoms in total. The first-order valence-electron chi connectivity index (χ1n) is 8.13. The third-order valence-corrected chi connectivity index (χ3v) is 5.47. The van der Waals surface area contributed by atoms with Gasteiger partial charge in [-0.1, -0.05) is 5.57 Å². The van der Waals surface area contributed by atoms with Crippen LogP contribution in [-0.4, -0.2) is 28.6 Å². The molecule has 1 aliphatic rings. The van der Waals surface area contributed by atoms with E-state index in [2.05, 4.69) is 11.9 Å². The predicted octanol–water partition coefficient (Wildman–Crippen LogP) is 2.70. The van der Waals surface area contributed by atoms with Crippen LogP contribution in [-0.2, 0) is 21.6 Å². The third-order valence-electron chi connectivity index (χ3n) is 4.02. The Bertz CT molecular complexity index is 734. The van der Waals surface area contributed by atoms with Crippen LogP contribution in [0.15, 0.2) is 12.2 Å². The molecule has 138 valence electrons. The number of aliphatic hydroxyl groups is 1. The molecule has 1 aromatic rings. The van der Waals surface area contributed by atoms with Gasteiger partial charge in [0.1, 0.15) is 11.1 Å². The van der Waals surface area contributed by atoms with Crippen molar-refractivity contribution in [3.63, 3.8) is 0 Å². The number of primary amides is 1. The second-order valence-corrected chi connectivity index (χ2v) is 8.71. The monoisotopic (exact) mass is 366 g/mol. The zero-order valence-corrected chi connectivity index (χ0v) is 16.2. The molecule has 1 unspecified atom stereocenters. The minimum absolute atomic E-state index is 0.157. The van der Waals surface area contributed by atoms with E-state index in [9.17, 15) is 14.7 Å². The lowest BCUT2D eigenvalue weighted by atomic mass is 9.86. The second-order valence-electron chi connectivity index (χ2n) is 7.69. The van der Waals surface area contributed by atoms with Gasteiger partial charge in [-0.25, -0.2) is 0 Å². The minimum Gasteiger partial charge on any atom is -0.383 e. The fraction of sp³-hybridized carbons (Fsp3) is 0.556. The Labute approximate surface area is 152 Å². The molecular formula is C18H26N2O4S. The molecule has 0 spiro atoms. The number of rotatable bonds is 5. The van der Waals surface area contributed by atoms with Crippen molar-refractivity contribution in [2.75, 3.05) is 5.32 Å². The molecule has 7 heteroatoms. The number of aliphatic hydroxyl groups excluding tert-OH is 1. The van der Waals surface area contributed by atoms with E-state index in [1.807, 2.05) is 27.7 Å². The summed E-state index contributed by atoms with van der Waals surface area (Å²) in [5, 5.41) is 13.0. The van der Waals surface area contributed by atoms with Gasteiger partial charge in [-0.2, -0.15) is 0 Å². The number of ether oxygens (including phenoxy) is 1. The standard InChI is InChI=1S/C18H26N2O4S/c1-9(2)7-11(21)15(23)20-16-12(14(19)22)10-8-17(3,4)24-18(5,6)13(10)25-16/h11,21H,1,7-8H2,2-6H3,(H2,19,22)(H,20,23). The summed E-state index contributed by atoms with van der Waals surface area (Å²) in [7, 11) is 0. The van der Waals surface area contributed by atoms with Gasteiger partial charge >= 0.3 is 0 Å². The van der Waals surface area contributed by atoms with Gasteiger partial charge in [0, 0.05) is 17.7 Å². The molecule has 2 heterocycles. The van der Waals surface area contributed by atoms with Crippen LogP contribution in [0.3, 0.4) is 0 Å². The Hall–Kier alpha value is -1.70. The number of hydrogen-bond donors (Lipinski definition) is 3. The van der Waals surface area contributed by atoms with Crippen LogP contribution in [0, 0.1) is 0 Å². The van der Waals surface area contributed by atoms with Crippen molar-refractivity contribution in [1.29, 1.82) is 0 Å². The number of carbonyl (C=O) groups is 2. The van der Waals surface area contributed by atoms with Crippen LogP contribution in [0.1, 0.15) is 61.8 Å². The van der Waals surface area contributed by atoms with E-state index < -0.39 is 29.1 Å². The highest BCUT2D eigenvalue weighted by Crippen LogP contribution is 2.48. The van der Waals surface area contributed by atoms with Gasteiger partial charge in [-0.05, 0) is 40.2 Å². The molecule has 0 radical (unpaired) electrons. The highest BCUT2D eigenvalue weighted by atomic mass is 32.1. The van der Waals surface area contributed by atoms with Crippen molar-refractivity contribution in [1.82, 2.24) is 0 Å². The maximum absolute atomic E-state index is 12.2. The van der Waals surface area contributed by atoms with E-state index in [1.165, 1.54) is 11.3 Å². The van der Waals surface area contributed by atoms with E-state index in [1.54, 1.807) is 6.92 Å². The molecule has 4 N–H and O–H groups in total. The Morgan fingerprint density at radius 2 is 2.00 bits per heavy atom. The fourth-order valence-corrected chi connectivity index (χ4v) is 4.55. The van der Waals surface area contributed by atoms with Crippen LogP contribution in [0.2, 0.25) is 0 Å². The van der Waals surface area contributed by atoms with E-state index in [0.29, 0.717) is 22.6 Å². The van der Waals surface area contributed by atoms with Crippen LogP contribution < -0.4 is 11.1 Å². The van der Waals surface area contributed by atoms with Gasteiger partial charge in [0.25, 0.3) is 11.8 Å². The molecule has 0 aromatic carbocycles. The van der Waals surface area contributed by atoms with Crippen molar-refractivity contribution < 1.29 is 19.4 Å². The highest BCUT2D eigenvalue weighted by molar-refractivity contribution is 7.17. The van der Waals surface area contributed by atoms with Crippen molar-refractivity contribution in [2.45, 2.75) is 64.8 Å². The first-order valence-corrected chi connectivity index (χ1v) is 8.95. The second kappa shape index (κ2) is 6.55. The first kappa shape index (κ1) is 19.6. The lowest BCUT2D eigenvalue weighted by molar-refractivity contribution is -0.135. The van der Waals surface area contributed by atoms with Crippen LogP contribution in [0.25, 0.3) is 0 Å². The largest absolute Gasteiger partial charge is 0.383 e. The topological polar surface area (TPSA) is 102 Å². The van der Waals surface area contributed by atoms with Crippen molar-refractivity contribution in [3.05, 3.63) is 28.2 Å². The summed E-state index contributed by atoms with van der Waals surface area (Å²) in [5.74, 6) is -1.18. The average molecular weight is 366 g/mol. The fourth-order valence-electron chi connectivity index (χ4n) is 3.29. The lowest BCUT2D eigenvalue weighted by Crippen LogP contribution is -2.42. The summed E-state index contributed by atoms with van der Waals surface area (Å²) in [5.41, 5.74) is 6.34. The summed E-state index contributed by atoms with van der Waals surface area (Å²) in [6, 6.07) is 0. The Morgan fingerprint density at radius 3 is 2.52 bits per heavy atom. The Morgan fingerprint density at radius 1 is 1.40 bits per heavy atom. The summed E-state index contributed by atoms with van der Waals surface area (Å²) >= 11 is 1.27.